The summed E-state index contributed by atoms with van der Waals surface area (Å²) in [7, 11) is 1.57. The summed E-state index contributed by atoms with van der Waals surface area (Å²) >= 11 is 0. The van der Waals surface area contributed by atoms with Gasteiger partial charge in [0.1, 0.15) is 17.7 Å². The standard InChI is InChI=1S/C27H34FNO7/c1-33-21-5-2-4-19(12-21)17-36-27(26(32)29-15-22-6-3-11-34-22)13-23(30)25(31)24(14-27)35-16-18-7-9-20(28)10-8-18/h2,4-5,7-10,12,22-25,30-31H,3,6,11,13-17H2,1H3,(H,29,32)/t22?,23-,24?,25-,27+/m1/s1. The maximum Gasteiger partial charge on any atom is 0.252 e. The number of ether oxygens (including phenoxy) is 4. The Balaban J connectivity index is 1.51. The second-order valence-corrected chi connectivity index (χ2v) is 9.42. The van der Waals surface area contributed by atoms with E-state index < -0.39 is 23.9 Å². The lowest BCUT2D eigenvalue weighted by Crippen LogP contribution is -2.61. The fourth-order valence-electron chi connectivity index (χ4n) is 4.70. The van der Waals surface area contributed by atoms with Gasteiger partial charge in [0.25, 0.3) is 5.91 Å². The Labute approximate surface area is 210 Å². The number of aliphatic hydroxyl groups is 2. The fraction of sp³-hybridized carbons (Fsp3) is 0.519. The van der Waals surface area contributed by atoms with Crippen molar-refractivity contribution in [2.45, 2.75) is 68.9 Å². The van der Waals surface area contributed by atoms with Gasteiger partial charge in [0.2, 0.25) is 0 Å². The number of aliphatic hydroxyl groups excluding tert-OH is 2. The molecule has 1 heterocycles. The van der Waals surface area contributed by atoms with Crippen molar-refractivity contribution in [2.75, 3.05) is 20.3 Å². The van der Waals surface area contributed by atoms with Crippen LogP contribution in [0.25, 0.3) is 0 Å². The molecular weight excluding hydrogens is 469 g/mol. The molecule has 1 saturated carbocycles. The van der Waals surface area contributed by atoms with Crippen molar-refractivity contribution >= 4 is 5.91 Å². The number of rotatable bonds is 10. The molecule has 0 radical (unpaired) electrons. The van der Waals surface area contributed by atoms with Crippen LogP contribution in [-0.2, 0) is 32.2 Å². The smallest absolute Gasteiger partial charge is 0.252 e. The van der Waals surface area contributed by atoms with Gasteiger partial charge in [-0.25, -0.2) is 4.39 Å². The van der Waals surface area contributed by atoms with Gasteiger partial charge in [-0.15, -0.1) is 0 Å². The molecule has 1 saturated heterocycles. The second-order valence-electron chi connectivity index (χ2n) is 9.42. The van der Waals surface area contributed by atoms with Crippen LogP contribution in [0.15, 0.2) is 48.5 Å². The van der Waals surface area contributed by atoms with Gasteiger partial charge in [-0.1, -0.05) is 24.3 Å². The first-order valence-corrected chi connectivity index (χ1v) is 12.3. The van der Waals surface area contributed by atoms with Crippen molar-refractivity contribution in [1.82, 2.24) is 5.32 Å². The van der Waals surface area contributed by atoms with Gasteiger partial charge in [-0.05, 0) is 48.2 Å². The van der Waals surface area contributed by atoms with E-state index in [1.165, 1.54) is 12.1 Å². The fourth-order valence-corrected chi connectivity index (χ4v) is 4.70. The van der Waals surface area contributed by atoms with Crippen molar-refractivity contribution < 1.29 is 38.3 Å². The maximum absolute atomic E-state index is 13.5. The van der Waals surface area contributed by atoms with E-state index in [0.717, 1.165) is 18.4 Å². The predicted octanol–water partition coefficient (Wildman–Crippen LogP) is 2.49. The number of hydrogen-bond donors (Lipinski definition) is 3. The third kappa shape index (κ3) is 6.60. The lowest BCUT2D eigenvalue weighted by atomic mass is 9.78. The molecule has 9 heteroatoms. The van der Waals surface area contributed by atoms with Gasteiger partial charge in [0.05, 0.1) is 38.6 Å². The van der Waals surface area contributed by atoms with Crippen LogP contribution in [0, 0.1) is 5.82 Å². The molecule has 2 fully saturated rings. The van der Waals surface area contributed by atoms with Crippen molar-refractivity contribution in [3.05, 3.63) is 65.5 Å². The molecular formula is C27H34FNO7. The second kappa shape index (κ2) is 12.1. The van der Waals surface area contributed by atoms with Crippen LogP contribution in [0.4, 0.5) is 4.39 Å². The first kappa shape index (κ1) is 26.5. The summed E-state index contributed by atoms with van der Waals surface area (Å²) in [5.41, 5.74) is 0.0628. The quantitative estimate of drug-likeness (QED) is 0.457. The summed E-state index contributed by atoms with van der Waals surface area (Å²) in [4.78, 5) is 13.5. The van der Waals surface area contributed by atoms with Crippen LogP contribution in [-0.4, -0.2) is 66.4 Å². The van der Waals surface area contributed by atoms with Crippen LogP contribution in [0.5, 0.6) is 5.75 Å². The molecule has 5 atom stereocenters. The highest BCUT2D eigenvalue weighted by Crippen LogP contribution is 2.36. The number of amides is 1. The summed E-state index contributed by atoms with van der Waals surface area (Å²) in [6.45, 7) is 1.18. The van der Waals surface area contributed by atoms with E-state index in [9.17, 15) is 19.4 Å². The van der Waals surface area contributed by atoms with E-state index in [2.05, 4.69) is 5.32 Å². The SMILES string of the molecule is COc1cccc(CO[C@]2(C(=O)NCC3CCCO3)CC(OCc3ccc(F)cc3)[C@H](O)[C@H](O)C2)c1. The first-order valence-electron chi connectivity index (χ1n) is 12.3. The van der Waals surface area contributed by atoms with Crippen molar-refractivity contribution in [3.63, 3.8) is 0 Å². The number of hydrogen-bond acceptors (Lipinski definition) is 7. The zero-order valence-corrected chi connectivity index (χ0v) is 20.4. The molecule has 3 N–H and O–H groups in total. The lowest BCUT2D eigenvalue weighted by Gasteiger charge is -2.44. The van der Waals surface area contributed by atoms with Crippen molar-refractivity contribution in [1.29, 1.82) is 0 Å². The number of benzene rings is 2. The number of nitrogens with one attached hydrogen (secondary N) is 1. The van der Waals surface area contributed by atoms with Crippen LogP contribution >= 0.6 is 0 Å². The zero-order chi connectivity index (χ0) is 25.5. The third-order valence-corrected chi connectivity index (χ3v) is 6.80. The van der Waals surface area contributed by atoms with Crippen LogP contribution in [0.3, 0.4) is 0 Å². The molecule has 36 heavy (non-hydrogen) atoms. The molecule has 4 rings (SSSR count). The molecule has 0 bridgehead atoms. The molecule has 2 unspecified atom stereocenters. The zero-order valence-electron chi connectivity index (χ0n) is 20.4. The number of halogens is 1. The molecule has 0 aromatic heterocycles. The molecule has 2 aliphatic rings. The minimum absolute atomic E-state index is 0.0355. The third-order valence-electron chi connectivity index (χ3n) is 6.80. The Morgan fingerprint density at radius 3 is 2.67 bits per heavy atom. The highest BCUT2D eigenvalue weighted by atomic mass is 19.1. The number of methoxy groups -OCH3 is 1. The lowest BCUT2D eigenvalue weighted by molar-refractivity contribution is -0.200. The average molecular weight is 504 g/mol. The van der Waals surface area contributed by atoms with Gasteiger partial charge >= 0.3 is 0 Å². The van der Waals surface area contributed by atoms with Gasteiger partial charge in [-0.3, -0.25) is 4.79 Å². The minimum atomic E-state index is -1.44. The summed E-state index contributed by atoms with van der Waals surface area (Å²) in [6, 6.07) is 13.1. The van der Waals surface area contributed by atoms with Crippen LogP contribution in [0.1, 0.15) is 36.8 Å². The Kier molecular flexibility index (Phi) is 8.92. The molecule has 196 valence electrons. The first-order chi connectivity index (χ1) is 17.4. The van der Waals surface area contributed by atoms with E-state index in [1.807, 2.05) is 24.3 Å². The van der Waals surface area contributed by atoms with E-state index in [-0.39, 0.29) is 43.9 Å². The largest absolute Gasteiger partial charge is 0.497 e. The van der Waals surface area contributed by atoms with Crippen molar-refractivity contribution in [2.24, 2.45) is 0 Å². The maximum atomic E-state index is 13.5. The molecule has 1 amide bonds. The summed E-state index contributed by atoms with van der Waals surface area (Å²) < 4.78 is 36.3. The van der Waals surface area contributed by atoms with Crippen LogP contribution < -0.4 is 10.1 Å². The van der Waals surface area contributed by atoms with Gasteiger partial charge in [0, 0.05) is 26.0 Å². The van der Waals surface area contributed by atoms with Gasteiger partial charge in [0.15, 0.2) is 5.60 Å². The van der Waals surface area contributed by atoms with E-state index in [0.29, 0.717) is 24.5 Å². The topological polar surface area (TPSA) is 106 Å². The highest BCUT2D eigenvalue weighted by molar-refractivity contribution is 5.85. The Morgan fingerprint density at radius 2 is 1.94 bits per heavy atom. The van der Waals surface area contributed by atoms with Crippen molar-refractivity contribution in [3.8, 4) is 5.75 Å². The summed E-state index contributed by atoms with van der Waals surface area (Å²) in [5.74, 6) is -0.0884. The molecule has 0 spiro atoms. The molecule has 8 nitrogen and oxygen atoms in total. The number of carbonyl (C=O) groups is 1. The molecule has 1 aliphatic heterocycles. The van der Waals surface area contributed by atoms with Gasteiger partial charge < -0.3 is 34.5 Å². The predicted molar refractivity (Wildman–Crippen MR) is 129 cm³/mol. The number of carbonyl (C=O) groups excluding carboxylic acids is 1. The highest BCUT2D eigenvalue weighted by Gasteiger charge is 2.51. The monoisotopic (exact) mass is 503 g/mol. The van der Waals surface area contributed by atoms with E-state index in [1.54, 1.807) is 19.2 Å². The average Bonchev–Trinajstić information content (AvgIpc) is 3.42. The normalized spacial score (nSPS) is 28.1. The Bertz CT molecular complexity index is 998. The summed E-state index contributed by atoms with van der Waals surface area (Å²) in [5, 5.41) is 24.3. The molecule has 2 aromatic carbocycles. The summed E-state index contributed by atoms with van der Waals surface area (Å²) in [6.07, 6.45) is -1.63. The van der Waals surface area contributed by atoms with Crippen LogP contribution in [0.2, 0.25) is 0 Å². The Hall–Kier alpha value is -2.56. The molecule has 1 aliphatic carbocycles. The Morgan fingerprint density at radius 1 is 1.14 bits per heavy atom. The molecule has 2 aromatic rings. The van der Waals surface area contributed by atoms with Gasteiger partial charge in [-0.2, -0.15) is 0 Å². The van der Waals surface area contributed by atoms with E-state index >= 15 is 0 Å². The minimum Gasteiger partial charge on any atom is -0.497 e. The van der Waals surface area contributed by atoms with E-state index in [4.69, 9.17) is 18.9 Å².